The number of nitrogens with two attached hydrogens (primary N) is 1. The van der Waals surface area contributed by atoms with Gasteiger partial charge in [0.1, 0.15) is 31.7 Å². The lowest BCUT2D eigenvalue weighted by Crippen LogP contribution is -2.24. The van der Waals surface area contributed by atoms with E-state index in [0.717, 1.165) is 11.0 Å². The highest BCUT2D eigenvalue weighted by Crippen LogP contribution is 2.66. The van der Waals surface area contributed by atoms with Gasteiger partial charge in [-0.3, -0.25) is 19.1 Å². The van der Waals surface area contributed by atoms with Crippen LogP contribution in [0.15, 0.2) is 70.0 Å². The standard InChI is InChI=1S/C39H40N7O16P3/c1-44(2)23-8-12-27-30(17-23)60-31-18-24(45(3)4)9-13-28(31)34(27)26-11-7-21(16-29(26)38(49)50)36(47)41-15-5-6-22-19-46(35-33(22)37(48)43-39(40)42-35)32-14-10-25(59-32)20-58-64(54,55)62-65(56,57)61-63(51,52)53/h7-9,11-13,16-19,25,32H,10,14-15,20H2,1-4H3,(H8-,40,41,42,43,47,48,49,50,51,52,53,54,55,56,57)/p+1/t25-,32+/m0/s1. The first-order valence-electron chi connectivity index (χ1n) is 19.2. The number of aromatic carboxylic acids is 1. The Labute approximate surface area is 367 Å². The van der Waals surface area contributed by atoms with E-state index in [9.17, 15) is 43.0 Å². The van der Waals surface area contributed by atoms with Crippen molar-refractivity contribution < 1.29 is 70.3 Å². The molecule has 1 aliphatic carbocycles. The van der Waals surface area contributed by atoms with E-state index in [-0.39, 0.29) is 53.1 Å². The summed E-state index contributed by atoms with van der Waals surface area (Å²) in [6, 6.07) is 15.7. The maximum Gasteiger partial charge on any atom is 0.490 e. The van der Waals surface area contributed by atoms with Crippen molar-refractivity contribution in [1.82, 2.24) is 24.4 Å². The smallest absolute Gasteiger partial charge is 0.478 e. The average Bonchev–Trinajstić information content (AvgIpc) is 3.83. The van der Waals surface area contributed by atoms with E-state index in [2.05, 4.69) is 35.7 Å². The van der Waals surface area contributed by atoms with Gasteiger partial charge in [-0.2, -0.15) is 13.6 Å². The van der Waals surface area contributed by atoms with Crippen LogP contribution in [0, 0.1) is 11.8 Å². The Morgan fingerprint density at radius 3 is 2.45 bits per heavy atom. The third-order valence-electron chi connectivity index (χ3n) is 10.00. The predicted octanol–water partition coefficient (Wildman–Crippen LogP) is 3.42. The summed E-state index contributed by atoms with van der Waals surface area (Å²) in [5.41, 5.74) is 8.36. The topological polar surface area (TPSA) is 332 Å². The highest BCUT2D eigenvalue weighted by Gasteiger charge is 2.41. The quantitative estimate of drug-likeness (QED) is 0.0356. The van der Waals surface area contributed by atoms with E-state index in [1.165, 1.54) is 22.9 Å². The number of H-pyrrole nitrogens is 1. The number of anilines is 2. The molecule has 0 radical (unpaired) electrons. The number of amides is 1. The molecule has 0 spiro atoms. The van der Waals surface area contributed by atoms with Crippen molar-refractivity contribution in [3.63, 3.8) is 0 Å². The second kappa shape index (κ2) is 18.1. The van der Waals surface area contributed by atoms with Crippen LogP contribution >= 0.6 is 23.5 Å². The minimum absolute atomic E-state index is 0.0182. The normalized spacial score (nSPS) is 17.0. The first kappa shape index (κ1) is 47.0. The molecule has 2 aromatic carbocycles. The molecule has 4 atom stereocenters. The maximum absolute atomic E-state index is 13.4. The molecule has 7 rings (SSSR count). The van der Waals surface area contributed by atoms with Crippen LogP contribution in [0.3, 0.4) is 0 Å². The Morgan fingerprint density at radius 1 is 1.02 bits per heavy atom. The van der Waals surface area contributed by atoms with Crippen molar-refractivity contribution >= 4 is 69.0 Å². The molecule has 65 heavy (non-hydrogen) atoms. The fourth-order valence-corrected chi connectivity index (χ4v) is 10.2. The van der Waals surface area contributed by atoms with Crippen LogP contribution in [-0.2, 0) is 31.6 Å². The van der Waals surface area contributed by atoms with Gasteiger partial charge in [-0.15, -0.1) is 0 Å². The molecular weight excluding hydrogens is 915 g/mol. The number of hydrogen-bond donors (Lipinski definition) is 8. The summed E-state index contributed by atoms with van der Waals surface area (Å²) in [4.78, 5) is 84.6. The van der Waals surface area contributed by atoms with Crippen molar-refractivity contribution in [3.8, 4) is 34.3 Å². The number of aromatic nitrogens is 3. The monoisotopic (exact) mass is 956 g/mol. The molecule has 4 aromatic rings. The molecule has 0 bridgehead atoms. The van der Waals surface area contributed by atoms with E-state index in [0.29, 0.717) is 33.4 Å². The van der Waals surface area contributed by atoms with E-state index in [4.69, 9.17) is 29.2 Å². The molecule has 0 saturated carbocycles. The molecule has 1 amide bonds. The molecule has 9 N–H and O–H groups in total. The minimum atomic E-state index is -5.72. The molecule has 26 heteroatoms. The summed E-state index contributed by atoms with van der Waals surface area (Å²) in [5, 5.41) is 14.7. The summed E-state index contributed by atoms with van der Waals surface area (Å²) >= 11 is 0. The predicted molar refractivity (Wildman–Crippen MR) is 234 cm³/mol. The maximum atomic E-state index is 13.4. The van der Waals surface area contributed by atoms with Gasteiger partial charge in [-0.25, -0.2) is 23.1 Å². The third kappa shape index (κ3) is 10.6. The lowest BCUT2D eigenvalue weighted by molar-refractivity contribution is -0.0202. The Kier molecular flexibility index (Phi) is 13.1. The Morgan fingerprint density at radius 2 is 1.75 bits per heavy atom. The molecule has 4 heterocycles. The highest BCUT2D eigenvalue weighted by atomic mass is 31.3. The number of nitrogens with zero attached hydrogens (tertiary/aromatic N) is 4. The molecule has 3 aliphatic rings. The zero-order chi connectivity index (χ0) is 47.2. The van der Waals surface area contributed by atoms with Gasteiger partial charge < -0.3 is 54.4 Å². The number of carboxylic acid groups (broad SMARTS) is 1. The van der Waals surface area contributed by atoms with Crippen LogP contribution in [-0.4, -0.2) is 98.5 Å². The molecule has 1 fully saturated rings. The second-order valence-electron chi connectivity index (χ2n) is 15.0. The van der Waals surface area contributed by atoms with Crippen LogP contribution in [0.4, 0.5) is 11.6 Å². The van der Waals surface area contributed by atoms with Gasteiger partial charge in [0.25, 0.3) is 11.5 Å². The molecule has 342 valence electrons. The lowest BCUT2D eigenvalue weighted by Gasteiger charge is -2.19. The first-order valence-corrected chi connectivity index (χ1v) is 23.7. The number of carbonyl (C=O) groups excluding carboxylic acids is 1. The van der Waals surface area contributed by atoms with Crippen LogP contribution in [0.1, 0.15) is 45.3 Å². The van der Waals surface area contributed by atoms with Gasteiger partial charge in [-0.05, 0) is 48.7 Å². The van der Waals surface area contributed by atoms with Crippen molar-refractivity contribution in [2.75, 3.05) is 52.0 Å². The molecular formula is C39H41N7O16P3+. The van der Waals surface area contributed by atoms with Gasteiger partial charge in [0.2, 0.25) is 11.3 Å². The molecule has 23 nitrogen and oxygen atoms in total. The van der Waals surface area contributed by atoms with Crippen molar-refractivity contribution in [2.45, 2.75) is 25.2 Å². The SMILES string of the molecule is CN(C)c1ccc2c(-c3ccc(C(=O)NCC#Cc4cn([C@H]5CC[C@@H](COP(=O)(O)OP(=O)(O)OP(=O)(O)O)O5)c5nc(N)[nH]c(=O)c45)cc3C(=O)O)c3ccc(=[N+](C)C)cc-3oc2c1. The van der Waals surface area contributed by atoms with E-state index >= 15 is 0 Å². The zero-order valence-electron chi connectivity index (χ0n) is 34.7. The summed E-state index contributed by atoms with van der Waals surface area (Å²) in [7, 11) is -9.13. The summed E-state index contributed by atoms with van der Waals surface area (Å²) in [5.74, 6) is 4.01. The number of fused-ring (bicyclic) bond motifs is 3. The van der Waals surface area contributed by atoms with Crippen molar-refractivity contribution in [1.29, 1.82) is 0 Å². The second-order valence-corrected chi connectivity index (χ2v) is 19.4. The minimum Gasteiger partial charge on any atom is -0.478 e. The number of carbonyl (C=O) groups is 2. The Hall–Kier alpha value is -5.98. The number of hydrogen-bond acceptors (Lipinski definition) is 14. The number of ether oxygens (including phenoxy) is 1. The van der Waals surface area contributed by atoms with Crippen molar-refractivity contribution in [2.24, 2.45) is 0 Å². The summed E-state index contributed by atoms with van der Waals surface area (Å²) in [6.07, 6.45) is 0.0522. The van der Waals surface area contributed by atoms with Gasteiger partial charge in [0, 0.05) is 60.2 Å². The number of carboxylic acids is 1. The summed E-state index contributed by atoms with van der Waals surface area (Å²) in [6.45, 7) is -0.930. The zero-order valence-corrected chi connectivity index (χ0v) is 37.4. The number of rotatable bonds is 13. The number of nitrogens with one attached hydrogen (secondary N) is 2. The molecule has 2 unspecified atom stereocenters. The first-order chi connectivity index (χ1) is 30.5. The molecule has 2 aliphatic heterocycles. The van der Waals surface area contributed by atoms with E-state index in [1.807, 2.05) is 74.1 Å². The lowest BCUT2D eigenvalue weighted by atomic mass is 9.89. The van der Waals surface area contributed by atoms with Crippen LogP contribution < -0.4 is 31.4 Å². The largest absolute Gasteiger partial charge is 0.490 e. The van der Waals surface area contributed by atoms with Gasteiger partial charge in [0.15, 0.2) is 5.65 Å². The third-order valence-corrected chi connectivity index (χ3v) is 13.8. The van der Waals surface area contributed by atoms with Crippen LogP contribution in [0.5, 0.6) is 0 Å². The number of nitrogen functional groups attached to an aromatic ring is 1. The summed E-state index contributed by atoms with van der Waals surface area (Å²) < 4.78 is 62.6. The fourth-order valence-electron chi connectivity index (χ4n) is 7.14. The Bertz CT molecular complexity index is 3220. The highest BCUT2D eigenvalue weighted by molar-refractivity contribution is 7.66. The molecule has 2 aromatic heterocycles. The van der Waals surface area contributed by atoms with Crippen LogP contribution in [0.25, 0.3) is 44.5 Å². The Balaban J connectivity index is 1.10. The van der Waals surface area contributed by atoms with E-state index in [1.54, 1.807) is 6.07 Å². The van der Waals surface area contributed by atoms with Crippen molar-refractivity contribution in [3.05, 3.63) is 93.2 Å². The number of aromatic amines is 1. The van der Waals surface area contributed by atoms with E-state index < -0.39 is 59.8 Å². The average molecular weight is 957 g/mol. The fraction of sp³-hybridized carbons (Fsp3) is 0.256. The number of phosphoric acid groups is 3. The van der Waals surface area contributed by atoms with Gasteiger partial charge >= 0.3 is 29.4 Å². The number of benzene rings is 3. The van der Waals surface area contributed by atoms with Gasteiger partial charge in [-0.1, -0.05) is 17.9 Å². The number of phosphoric ester groups is 1. The van der Waals surface area contributed by atoms with Crippen LogP contribution in [0.2, 0.25) is 0 Å². The van der Waals surface area contributed by atoms with Gasteiger partial charge in [0.05, 0.1) is 41.8 Å². The molecule has 1 saturated heterocycles.